The number of nitrogens with one attached hydrogen (secondary N) is 1. The monoisotopic (exact) mass is 414 g/mol. The molecule has 0 bridgehead atoms. The van der Waals surface area contributed by atoms with Crippen LogP contribution in [0.2, 0.25) is 0 Å². The molecule has 4 aromatic rings. The third kappa shape index (κ3) is 3.46. The second-order valence-corrected chi connectivity index (χ2v) is 7.62. The lowest BCUT2D eigenvalue weighted by molar-refractivity contribution is -0.116. The summed E-state index contributed by atoms with van der Waals surface area (Å²) in [7, 11) is 0. The van der Waals surface area contributed by atoms with E-state index in [1.54, 1.807) is 18.3 Å². The van der Waals surface area contributed by atoms with Gasteiger partial charge in [0.05, 0.1) is 17.6 Å². The minimum atomic E-state index is -0.316. The molecule has 2 aromatic carbocycles. The molecule has 0 radical (unpaired) electrons. The molecule has 154 valence electrons. The van der Waals surface area contributed by atoms with Gasteiger partial charge in [0.25, 0.3) is 5.95 Å². The van der Waals surface area contributed by atoms with Crippen LogP contribution in [0.4, 0.5) is 10.2 Å². The summed E-state index contributed by atoms with van der Waals surface area (Å²) in [5.74, 6) is 0.0921. The Morgan fingerprint density at radius 1 is 1.06 bits per heavy atom. The van der Waals surface area contributed by atoms with Crippen molar-refractivity contribution in [2.45, 2.75) is 26.2 Å². The molecule has 1 amide bonds. The van der Waals surface area contributed by atoms with Crippen molar-refractivity contribution in [3.05, 3.63) is 82.9 Å². The maximum Gasteiger partial charge on any atom is 0.272 e. The molecule has 8 heteroatoms. The molecular formula is C23H19FN6O. The van der Waals surface area contributed by atoms with Crippen molar-refractivity contribution in [2.75, 3.05) is 5.32 Å². The molecule has 31 heavy (non-hydrogen) atoms. The van der Waals surface area contributed by atoms with Gasteiger partial charge in [-0.1, -0.05) is 42.0 Å². The van der Waals surface area contributed by atoms with Gasteiger partial charge in [0.15, 0.2) is 0 Å². The lowest BCUT2D eigenvalue weighted by Crippen LogP contribution is -2.25. The maximum absolute atomic E-state index is 13.4. The summed E-state index contributed by atoms with van der Waals surface area (Å²) < 4.78 is 14.9. The first-order chi connectivity index (χ1) is 15.0. The smallest absolute Gasteiger partial charge is 0.272 e. The van der Waals surface area contributed by atoms with E-state index in [1.807, 2.05) is 38.1 Å². The third-order valence-electron chi connectivity index (χ3n) is 5.46. The number of fused-ring (bicyclic) bond motifs is 1. The SMILES string of the molecule is Cc1ccc(-c2cnnc(-n3nc(C)c4c3NC(=O)CC4c3ccc(F)cc3)n2)cc1. The fourth-order valence-corrected chi connectivity index (χ4v) is 3.92. The predicted octanol–water partition coefficient (Wildman–Crippen LogP) is 3.95. The lowest BCUT2D eigenvalue weighted by Gasteiger charge is -2.24. The van der Waals surface area contributed by atoms with E-state index in [0.29, 0.717) is 11.5 Å². The summed E-state index contributed by atoms with van der Waals surface area (Å²) in [6.45, 7) is 3.90. The maximum atomic E-state index is 13.4. The third-order valence-corrected chi connectivity index (χ3v) is 5.46. The van der Waals surface area contributed by atoms with Gasteiger partial charge in [-0.2, -0.15) is 14.9 Å². The summed E-state index contributed by atoms with van der Waals surface area (Å²) in [6, 6.07) is 14.2. The highest BCUT2D eigenvalue weighted by Crippen LogP contribution is 2.39. The molecule has 1 aliphatic heterocycles. The zero-order valence-corrected chi connectivity index (χ0v) is 17.0. The summed E-state index contributed by atoms with van der Waals surface area (Å²) in [5.41, 5.74) is 5.19. The van der Waals surface area contributed by atoms with Gasteiger partial charge in [-0.25, -0.2) is 9.37 Å². The highest BCUT2D eigenvalue weighted by Gasteiger charge is 2.33. The van der Waals surface area contributed by atoms with Crippen molar-refractivity contribution in [3.63, 3.8) is 0 Å². The van der Waals surface area contributed by atoms with Crippen molar-refractivity contribution in [3.8, 4) is 17.2 Å². The average Bonchev–Trinajstić information content (AvgIpc) is 3.10. The number of rotatable bonds is 3. The number of amides is 1. The highest BCUT2D eigenvalue weighted by atomic mass is 19.1. The number of carbonyl (C=O) groups is 1. The van der Waals surface area contributed by atoms with E-state index in [4.69, 9.17) is 0 Å². The number of aryl methyl sites for hydroxylation is 2. The molecule has 2 aromatic heterocycles. The Morgan fingerprint density at radius 2 is 1.81 bits per heavy atom. The topological polar surface area (TPSA) is 85.6 Å². The average molecular weight is 414 g/mol. The van der Waals surface area contributed by atoms with Gasteiger partial charge in [-0.05, 0) is 31.5 Å². The fourth-order valence-electron chi connectivity index (χ4n) is 3.92. The molecule has 3 heterocycles. The zero-order chi connectivity index (χ0) is 21.5. The van der Waals surface area contributed by atoms with Crippen LogP contribution in [-0.4, -0.2) is 30.9 Å². The second-order valence-electron chi connectivity index (χ2n) is 7.62. The van der Waals surface area contributed by atoms with Gasteiger partial charge in [-0.15, -0.1) is 5.10 Å². The first-order valence-corrected chi connectivity index (χ1v) is 9.91. The molecule has 0 spiro atoms. The van der Waals surface area contributed by atoms with Crippen molar-refractivity contribution in [1.82, 2.24) is 25.0 Å². The molecule has 5 rings (SSSR count). The summed E-state index contributed by atoms with van der Waals surface area (Å²) in [5, 5.41) is 15.8. The van der Waals surface area contributed by atoms with Gasteiger partial charge in [0, 0.05) is 23.5 Å². The lowest BCUT2D eigenvalue weighted by atomic mass is 9.86. The summed E-state index contributed by atoms with van der Waals surface area (Å²) in [6.07, 6.45) is 1.85. The zero-order valence-electron chi connectivity index (χ0n) is 17.0. The fraction of sp³-hybridized carbons (Fsp3) is 0.174. The Labute approximate surface area is 178 Å². The Hall–Kier alpha value is -3.94. The van der Waals surface area contributed by atoms with Crippen molar-refractivity contribution in [2.24, 2.45) is 0 Å². The van der Waals surface area contributed by atoms with Crippen LogP contribution in [0.5, 0.6) is 0 Å². The Morgan fingerprint density at radius 3 is 2.55 bits per heavy atom. The van der Waals surface area contributed by atoms with Gasteiger partial charge < -0.3 is 5.32 Å². The quantitative estimate of drug-likeness (QED) is 0.549. The molecule has 7 nitrogen and oxygen atoms in total. The van der Waals surface area contributed by atoms with E-state index in [0.717, 1.165) is 27.9 Å². The summed E-state index contributed by atoms with van der Waals surface area (Å²) >= 11 is 0. The van der Waals surface area contributed by atoms with E-state index in [9.17, 15) is 9.18 Å². The number of halogens is 1. The molecule has 1 aliphatic rings. The standard InChI is InChI=1S/C23H19FN6O/c1-13-3-5-16(6-4-13)19-12-25-28-23(26-19)30-22-21(14(2)29-30)18(11-20(31)27-22)15-7-9-17(24)10-8-15/h3-10,12,18H,11H2,1-2H3,(H,27,31). The van der Waals surface area contributed by atoms with Crippen molar-refractivity contribution < 1.29 is 9.18 Å². The Kier molecular flexibility index (Phi) is 4.54. The number of nitrogens with zero attached hydrogens (tertiary/aromatic N) is 5. The molecule has 1 unspecified atom stereocenters. The van der Waals surface area contributed by atoms with Gasteiger partial charge >= 0.3 is 0 Å². The van der Waals surface area contributed by atoms with E-state index < -0.39 is 0 Å². The molecular weight excluding hydrogens is 395 g/mol. The van der Waals surface area contributed by atoms with Crippen LogP contribution in [0.3, 0.4) is 0 Å². The van der Waals surface area contributed by atoms with Gasteiger partial charge in [0.2, 0.25) is 5.91 Å². The van der Waals surface area contributed by atoms with Crippen LogP contribution in [0.15, 0.2) is 54.7 Å². The number of hydrogen-bond acceptors (Lipinski definition) is 5. The van der Waals surface area contributed by atoms with Crippen LogP contribution >= 0.6 is 0 Å². The summed E-state index contributed by atoms with van der Waals surface area (Å²) in [4.78, 5) is 17.1. The minimum absolute atomic E-state index is 0.148. The Balaban J connectivity index is 1.60. The van der Waals surface area contributed by atoms with E-state index >= 15 is 0 Å². The van der Waals surface area contributed by atoms with Crippen LogP contribution in [-0.2, 0) is 4.79 Å². The predicted molar refractivity (Wildman–Crippen MR) is 113 cm³/mol. The van der Waals surface area contributed by atoms with E-state index in [2.05, 4.69) is 25.6 Å². The van der Waals surface area contributed by atoms with E-state index in [-0.39, 0.29) is 30.0 Å². The molecule has 0 saturated carbocycles. The molecule has 1 atom stereocenters. The molecule has 0 saturated heterocycles. The first-order valence-electron chi connectivity index (χ1n) is 9.91. The van der Waals surface area contributed by atoms with Crippen LogP contribution in [0.25, 0.3) is 17.2 Å². The van der Waals surface area contributed by atoms with Crippen molar-refractivity contribution in [1.29, 1.82) is 0 Å². The number of anilines is 1. The van der Waals surface area contributed by atoms with E-state index in [1.165, 1.54) is 16.8 Å². The van der Waals surface area contributed by atoms with Gasteiger partial charge in [-0.3, -0.25) is 4.79 Å². The van der Waals surface area contributed by atoms with Crippen molar-refractivity contribution >= 4 is 11.7 Å². The van der Waals surface area contributed by atoms with Crippen LogP contribution in [0.1, 0.15) is 34.7 Å². The number of carbonyl (C=O) groups excluding carboxylic acids is 1. The normalized spacial score (nSPS) is 15.5. The second kappa shape index (κ2) is 7.39. The Bertz CT molecular complexity index is 1280. The molecule has 1 N–H and O–H groups in total. The number of hydrogen-bond donors (Lipinski definition) is 1. The molecule has 0 aliphatic carbocycles. The number of aromatic nitrogens is 5. The molecule has 0 fully saturated rings. The highest BCUT2D eigenvalue weighted by molar-refractivity contribution is 5.95. The number of benzene rings is 2. The minimum Gasteiger partial charge on any atom is -0.310 e. The first kappa shape index (κ1) is 19.0. The van der Waals surface area contributed by atoms with Crippen LogP contribution in [0, 0.1) is 19.7 Å². The van der Waals surface area contributed by atoms with Gasteiger partial charge in [0.1, 0.15) is 11.6 Å². The van der Waals surface area contributed by atoms with Crippen LogP contribution < -0.4 is 5.32 Å². The largest absolute Gasteiger partial charge is 0.310 e.